The Labute approximate surface area is 121 Å². The first-order chi connectivity index (χ1) is 10.1. The number of ether oxygens (including phenoxy) is 1. The first-order valence-electron chi connectivity index (χ1n) is 6.18. The normalized spacial score (nSPS) is 9.81. The van der Waals surface area contributed by atoms with Crippen molar-refractivity contribution in [3.63, 3.8) is 0 Å². The molecule has 2 rings (SSSR count). The molecule has 21 heavy (non-hydrogen) atoms. The Kier molecular flexibility index (Phi) is 4.45. The molecule has 0 saturated carbocycles. The minimum Gasteiger partial charge on any atom is -0.386 e. The van der Waals surface area contributed by atoms with Crippen LogP contribution in [-0.4, -0.2) is 36.0 Å². The van der Waals surface area contributed by atoms with Crippen LogP contribution in [0.4, 0.5) is 11.6 Å². The van der Waals surface area contributed by atoms with Gasteiger partial charge in [0.05, 0.1) is 11.1 Å². The van der Waals surface area contributed by atoms with Crippen LogP contribution in [-0.2, 0) is 4.74 Å². The van der Waals surface area contributed by atoms with Crippen LogP contribution < -0.4 is 10.6 Å². The molecule has 0 atom stereocenters. The van der Waals surface area contributed by atoms with Crippen LogP contribution in [0.25, 0.3) is 0 Å². The van der Waals surface area contributed by atoms with E-state index in [0.29, 0.717) is 11.6 Å². The van der Waals surface area contributed by atoms with Gasteiger partial charge in [0.15, 0.2) is 0 Å². The zero-order chi connectivity index (χ0) is 15.2. The molecule has 0 aliphatic carbocycles. The SMILES string of the molecule is CNc1ccc(C(=O)OC(=O)c2ccc(NC)nc2)cn1. The van der Waals surface area contributed by atoms with Gasteiger partial charge in [-0.2, -0.15) is 0 Å². The molecule has 0 aromatic carbocycles. The van der Waals surface area contributed by atoms with Gasteiger partial charge < -0.3 is 15.4 Å². The number of carbonyl (C=O) groups is 2. The first kappa shape index (κ1) is 14.4. The Morgan fingerprint density at radius 3 is 1.57 bits per heavy atom. The van der Waals surface area contributed by atoms with Gasteiger partial charge in [-0.05, 0) is 24.3 Å². The van der Waals surface area contributed by atoms with Gasteiger partial charge in [0, 0.05) is 26.5 Å². The largest absolute Gasteiger partial charge is 0.386 e. The van der Waals surface area contributed by atoms with Gasteiger partial charge in [-0.15, -0.1) is 0 Å². The summed E-state index contributed by atoms with van der Waals surface area (Å²) in [4.78, 5) is 31.6. The Morgan fingerprint density at radius 1 is 0.857 bits per heavy atom. The van der Waals surface area contributed by atoms with Crippen LogP contribution >= 0.6 is 0 Å². The van der Waals surface area contributed by atoms with E-state index < -0.39 is 11.9 Å². The smallest absolute Gasteiger partial charge is 0.347 e. The highest BCUT2D eigenvalue weighted by Crippen LogP contribution is 2.09. The van der Waals surface area contributed by atoms with Gasteiger partial charge in [-0.3, -0.25) is 0 Å². The second kappa shape index (κ2) is 6.47. The average molecular weight is 286 g/mol. The van der Waals surface area contributed by atoms with E-state index in [1.54, 1.807) is 26.2 Å². The number of esters is 2. The molecule has 0 radical (unpaired) electrons. The fourth-order valence-electron chi connectivity index (χ4n) is 1.53. The lowest BCUT2D eigenvalue weighted by molar-refractivity contribution is 0.0397. The Morgan fingerprint density at radius 2 is 1.29 bits per heavy atom. The second-order valence-corrected chi connectivity index (χ2v) is 4.04. The van der Waals surface area contributed by atoms with E-state index in [9.17, 15) is 9.59 Å². The number of pyridine rings is 2. The van der Waals surface area contributed by atoms with E-state index in [2.05, 4.69) is 20.6 Å². The predicted molar refractivity (Wildman–Crippen MR) is 77.3 cm³/mol. The van der Waals surface area contributed by atoms with Crippen molar-refractivity contribution < 1.29 is 14.3 Å². The highest BCUT2D eigenvalue weighted by molar-refractivity contribution is 6.02. The summed E-state index contributed by atoms with van der Waals surface area (Å²) < 4.78 is 4.77. The minimum absolute atomic E-state index is 0.196. The van der Waals surface area contributed by atoms with E-state index in [4.69, 9.17) is 4.74 Å². The lowest BCUT2D eigenvalue weighted by Gasteiger charge is -2.04. The molecule has 2 N–H and O–H groups in total. The summed E-state index contributed by atoms with van der Waals surface area (Å²) >= 11 is 0. The van der Waals surface area contributed by atoms with Crippen molar-refractivity contribution in [2.75, 3.05) is 24.7 Å². The molecular weight excluding hydrogens is 272 g/mol. The zero-order valence-electron chi connectivity index (χ0n) is 11.6. The molecule has 108 valence electrons. The van der Waals surface area contributed by atoms with Crippen LogP contribution in [0.2, 0.25) is 0 Å². The quantitative estimate of drug-likeness (QED) is 0.650. The van der Waals surface area contributed by atoms with Gasteiger partial charge in [0.1, 0.15) is 11.6 Å². The summed E-state index contributed by atoms with van der Waals surface area (Å²) in [7, 11) is 3.43. The summed E-state index contributed by atoms with van der Waals surface area (Å²) in [5, 5.41) is 5.65. The van der Waals surface area contributed by atoms with Crippen LogP contribution in [0.15, 0.2) is 36.7 Å². The fraction of sp³-hybridized carbons (Fsp3) is 0.143. The molecule has 0 aliphatic rings. The Bertz CT molecular complexity index is 581. The number of rotatable bonds is 4. The summed E-state index contributed by atoms with van der Waals surface area (Å²) in [6.45, 7) is 0. The Balaban J connectivity index is 2.05. The first-order valence-corrected chi connectivity index (χ1v) is 6.18. The third-order valence-corrected chi connectivity index (χ3v) is 2.70. The molecular formula is C14H14N4O3. The number of carbonyl (C=O) groups excluding carboxylic acids is 2. The minimum atomic E-state index is -0.757. The third kappa shape index (κ3) is 3.53. The van der Waals surface area contributed by atoms with Crippen molar-refractivity contribution >= 4 is 23.6 Å². The molecule has 7 nitrogen and oxygen atoms in total. The van der Waals surface area contributed by atoms with Crippen LogP contribution in [0.1, 0.15) is 20.7 Å². The van der Waals surface area contributed by atoms with Gasteiger partial charge in [-0.25, -0.2) is 19.6 Å². The number of nitrogens with zero attached hydrogens (tertiary/aromatic N) is 2. The van der Waals surface area contributed by atoms with E-state index >= 15 is 0 Å². The molecule has 0 spiro atoms. The highest BCUT2D eigenvalue weighted by atomic mass is 16.6. The van der Waals surface area contributed by atoms with Crippen molar-refractivity contribution in [2.24, 2.45) is 0 Å². The third-order valence-electron chi connectivity index (χ3n) is 2.70. The fourth-order valence-corrected chi connectivity index (χ4v) is 1.53. The molecule has 0 fully saturated rings. The zero-order valence-corrected chi connectivity index (χ0v) is 11.6. The summed E-state index contributed by atoms with van der Waals surface area (Å²) in [6, 6.07) is 6.28. The van der Waals surface area contributed by atoms with E-state index in [1.807, 2.05) is 0 Å². The maximum absolute atomic E-state index is 11.8. The monoisotopic (exact) mass is 286 g/mol. The van der Waals surface area contributed by atoms with E-state index in [-0.39, 0.29) is 11.1 Å². The lowest BCUT2D eigenvalue weighted by Crippen LogP contribution is -2.13. The van der Waals surface area contributed by atoms with Gasteiger partial charge in [0.2, 0.25) is 0 Å². The van der Waals surface area contributed by atoms with Crippen molar-refractivity contribution in [1.82, 2.24) is 9.97 Å². The number of nitrogens with one attached hydrogen (secondary N) is 2. The van der Waals surface area contributed by atoms with E-state index in [0.717, 1.165) is 0 Å². The average Bonchev–Trinajstić information content (AvgIpc) is 2.55. The second-order valence-electron chi connectivity index (χ2n) is 4.04. The number of hydrogen-bond acceptors (Lipinski definition) is 7. The summed E-state index contributed by atoms with van der Waals surface area (Å²) in [5.41, 5.74) is 0.393. The maximum Gasteiger partial charge on any atom is 0.347 e. The van der Waals surface area contributed by atoms with Gasteiger partial charge in [0.25, 0.3) is 0 Å². The molecule has 2 aromatic heterocycles. The lowest BCUT2D eigenvalue weighted by atomic mass is 10.2. The van der Waals surface area contributed by atoms with Gasteiger partial charge >= 0.3 is 11.9 Å². The number of aromatic nitrogens is 2. The van der Waals surface area contributed by atoms with Crippen LogP contribution in [0.5, 0.6) is 0 Å². The standard InChI is InChI=1S/C14H14N4O3/c1-15-11-5-3-9(7-17-11)13(19)21-14(20)10-4-6-12(16-2)18-8-10/h3-8H,1-2H3,(H,15,17)(H,16,18). The maximum atomic E-state index is 11.8. The van der Waals surface area contributed by atoms with Crippen molar-refractivity contribution in [3.05, 3.63) is 47.8 Å². The Hall–Kier alpha value is -2.96. The summed E-state index contributed by atoms with van der Waals surface area (Å²) in [5.74, 6) is -0.282. The summed E-state index contributed by atoms with van der Waals surface area (Å²) in [6.07, 6.45) is 2.67. The topological polar surface area (TPSA) is 93.2 Å². The molecule has 2 heterocycles. The van der Waals surface area contributed by atoms with Crippen LogP contribution in [0, 0.1) is 0 Å². The molecule has 0 bridgehead atoms. The van der Waals surface area contributed by atoms with Crippen molar-refractivity contribution in [2.45, 2.75) is 0 Å². The predicted octanol–water partition coefficient (Wildman–Crippen LogP) is 1.56. The molecule has 0 unspecified atom stereocenters. The molecule has 0 saturated heterocycles. The van der Waals surface area contributed by atoms with Crippen molar-refractivity contribution in [1.29, 1.82) is 0 Å². The molecule has 0 amide bonds. The number of hydrogen-bond donors (Lipinski definition) is 2. The number of anilines is 2. The van der Waals surface area contributed by atoms with Gasteiger partial charge in [-0.1, -0.05) is 0 Å². The molecule has 0 aliphatic heterocycles. The molecule has 2 aromatic rings. The van der Waals surface area contributed by atoms with Crippen molar-refractivity contribution in [3.8, 4) is 0 Å². The van der Waals surface area contributed by atoms with Crippen LogP contribution in [0.3, 0.4) is 0 Å². The van der Waals surface area contributed by atoms with E-state index in [1.165, 1.54) is 24.5 Å². The molecule has 7 heteroatoms. The highest BCUT2D eigenvalue weighted by Gasteiger charge is 2.15.